The second-order valence-electron chi connectivity index (χ2n) is 2.83. The van der Waals surface area contributed by atoms with Gasteiger partial charge >= 0.3 is 0 Å². The summed E-state index contributed by atoms with van der Waals surface area (Å²) in [5.74, 6) is 0.768. The van der Waals surface area contributed by atoms with Crippen molar-refractivity contribution in [1.82, 2.24) is 0 Å². The summed E-state index contributed by atoms with van der Waals surface area (Å²) >= 11 is 5.53. The minimum Gasteiger partial charge on any atom is -0.127 e. The maximum Gasteiger partial charge on any atom is 0.0226 e. The minimum atomic E-state index is 0.768. The molecule has 0 aliphatic rings. The summed E-state index contributed by atoms with van der Waals surface area (Å²) < 4.78 is 0. The van der Waals surface area contributed by atoms with Crippen LogP contribution in [0.25, 0.3) is 0 Å². The van der Waals surface area contributed by atoms with Crippen molar-refractivity contribution in [2.45, 2.75) is 39.0 Å². The zero-order valence-corrected chi connectivity index (χ0v) is 8.69. The normalized spacial score (nSPS) is 11.8. The van der Waals surface area contributed by atoms with Gasteiger partial charge < -0.3 is 0 Å². The van der Waals surface area contributed by atoms with Crippen LogP contribution < -0.4 is 0 Å². The summed E-state index contributed by atoms with van der Waals surface area (Å²) in [7, 11) is 0. The molecule has 0 aromatic heterocycles. The van der Waals surface area contributed by atoms with Gasteiger partial charge in [-0.15, -0.1) is 11.6 Å². The van der Waals surface area contributed by atoms with Crippen molar-refractivity contribution in [3.05, 3.63) is 24.3 Å². The van der Waals surface area contributed by atoms with Crippen LogP contribution in [-0.2, 0) is 0 Å². The summed E-state index contributed by atoms with van der Waals surface area (Å²) in [4.78, 5) is 0. The highest BCUT2D eigenvalue weighted by atomic mass is 35.5. The molecule has 0 saturated heterocycles. The monoisotopic (exact) mass is 186 g/mol. The van der Waals surface area contributed by atoms with E-state index < -0.39 is 0 Å². The van der Waals surface area contributed by atoms with E-state index in [0.717, 1.165) is 18.7 Å². The van der Waals surface area contributed by atoms with E-state index in [1.165, 1.54) is 19.3 Å². The molecular weight excluding hydrogens is 168 g/mol. The highest BCUT2D eigenvalue weighted by Crippen LogP contribution is 1.96. The standard InChI is InChI=1S/C11H19Cl/c1-2-3-4-5-6-7-8-9-10-11-12/h5-8H,2-4,9-11H2,1H3. The van der Waals surface area contributed by atoms with Gasteiger partial charge in [0.1, 0.15) is 0 Å². The summed E-state index contributed by atoms with van der Waals surface area (Å²) in [5, 5.41) is 0. The van der Waals surface area contributed by atoms with Crippen LogP contribution in [0.4, 0.5) is 0 Å². The molecule has 12 heavy (non-hydrogen) atoms. The van der Waals surface area contributed by atoms with Crippen LogP contribution in [0.15, 0.2) is 24.3 Å². The first-order chi connectivity index (χ1) is 5.91. The number of hydrogen-bond acceptors (Lipinski definition) is 0. The molecule has 0 spiro atoms. The van der Waals surface area contributed by atoms with Crippen molar-refractivity contribution >= 4 is 11.6 Å². The topological polar surface area (TPSA) is 0 Å². The molecule has 70 valence electrons. The molecule has 0 saturated carbocycles. The van der Waals surface area contributed by atoms with E-state index in [0.29, 0.717) is 0 Å². The van der Waals surface area contributed by atoms with Crippen molar-refractivity contribution in [3.8, 4) is 0 Å². The Bertz CT molecular complexity index is 109. The van der Waals surface area contributed by atoms with Crippen molar-refractivity contribution < 1.29 is 0 Å². The highest BCUT2D eigenvalue weighted by molar-refractivity contribution is 6.17. The van der Waals surface area contributed by atoms with Crippen LogP contribution in [0.1, 0.15) is 39.0 Å². The quantitative estimate of drug-likeness (QED) is 0.316. The molecule has 0 aliphatic heterocycles. The molecule has 0 amide bonds. The number of rotatable bonds is 7. The zero-order chi connectivity index (χ0) is 9.07. The Morgan fingerprint density at radius 3 is 2.08 bits per heavy atom. The van der Waals surface area contributed by atoms with E-state index >= 15 is 0 Å². The van der Waals surface area contributed by atoms with Gasteiger partial charge in [-0.25, -0.2) is 0 Å². The lowest BCUT2D eigenvalue weighted by Crippen LogP contribution is -1.70. The fourth-order valence-electron chi connectivity index (χ4n) is 0.867. The van der Waals surface area contributed by atoms with E-state index in [1.807, 2.05) is 0 Å². The van der Waals surface area contributed by atoms with Gasteiger partial charge in [0, 0.05) is 5.88 Å². The Morgan fingerprint density at radius 2 is 1.58 bits per heavy atom. The number of alkyl halides is 1. The van der Waals surface area contributed by atoms with E-state index in [-0.39, 0.29) is 0 Å². The van der Waals surface area contributed by atoms with Crippen molar-refractivity contribution in [2.75, 3.05) is 5.88 Å². The van der Waals surface area contributed by atoms with Crippen LogP contribution in [-0.4, -0.2) is 5.88 Å². The fourth-order valence-corrected chi connectivity index (χ4v) is 1.02. The smallest absolute Gasteiger partial charge is 0.0226 e. The van der Waals surface area contributed by atoms with Gasteiger partial charge in [-0.2, -0.15) is 0 Å². The molecule has 0 heterocycles. The lowest BCUT2D eigenvalue weighted by atomic mass is 10.2. The maximum atomic E-state index is 5.53. The third-order valence-corrected chi connectivity index (χ3v) is 1.88. The van der Waals surface area contributed by atoms with Crippen molar-refractivity contribution in [1.29, 1.82) is 0 Å². The van der Waals surface area contributed by atoms with Gasteiger partial charge in [0.2, 0.25) is 0 Å². The predicted molar refractivity (Wildman–Crippen MR) is 57.8 cm³/mol. The summed E-state index contributed by atoms with van der Waals surface area (Å²) in [5.41, 5.74) is 0. The first kappa shape index (κ1) is 11.8. The lowest BCUT2D eigenvalue weighted by Gasteiger charge is -1.86. The second-order valence-corrected chi connectivity index (χ2v) is 3.21. The molecule has 0 aromatic rings. The minimum absolute atomic E-state index is 0.768. The third-order valence-electron chi connectivity index (χ3n) is 1.61. The van der Waals surface area contributed by atoms with Crippen LogP contribution >= 0.6 is 11.6 Å². The molecule has 0 aromatic carbocycles. The van der Waals surface area contributed by atoms with Gasteiger partial charge in [-0.3, -0.25) is 0 Å². The van der Waals surface area contributed by atoms with E-state index in [2.05, 4.69) is 31.2 Å². The Kier molecular flexibility index (Phi) is 10.6. The van der Waals surface area contributed by atoms with E-state index in [4.69, 9.17) is 11.6 Å². The lowest BCUT2D eigenvalue weighted by molar-refractivity contribution is 0.815. The van der Waals surface area contributed by atoms with Crippen molar-refractivity contribution in [3.63, 3.8) is 0 Å². The molecule has 0 rings (SSSR count). The van der Waals surface area contributed by atoms with Gasteiger partial charge in [0.05, 0.1) is 0 Å². The van der Waals surface area contributed by atoms with Crippen LogP contribution in [0.2, 0.25) is 0 Å². The zero-order valence-electron chi connectivity index (χ0n) is 7.93. The van der Waals surface area contributed by atoms with E-state index in [9.17, 15) is 0 Å². The Labute approximate surface area is 81.3 Å². The SMILES string of the molecule is CCCCC=CC=CCCCCl. The summed E-state index contributed by atoms with van der Waals surface area (Å²) in [6, 6.07) is 0. The number of unbranched alkanes of at least 4 members (excludes halogenated alkanes) is 3. The summed E-state index contributed by atoms with van der Waals surface area (Å²) in [6.07, 6.45) is 14.6. The summed E-state index contributed by atoms with van der Waals surface area (Å²) in [6.45, 7) is 2.21. The van der Waals surface area contributed by atoms with Gasteiger partial charge in [-0.1, -0.05) is 44.1 Å². The highest BCUT2D eigenvalue weighted by Gasteiger charge is 1.77. The van der Waals surface area contributed by atoms with Gasteiger partial charge in [-0.05, 0) is 19.3 Å². The van der Waals surface area contributed by atoms with Crippen molar-refractivity contribution in [2.24, 2.45) is 0 Å². The molecule has 0 nitrogen and oxygen atoms in total. The molecule has 0 bridgehead atoms. The first-order valence-corrected chi connectivity index (χ1v) is 5.33. The number of hydrogen-bond donors (Lipinski definition) is 0. The molecular formula is C11H19Cl. The fraction of sp³-hybridized carbons (Fsp3) is 0.636. The predicted octanol–water partition coefficient (Wildman–Crippen LogP) is 4.31. The van der Waals surface area contributed by atoms with E-state index in [1.54, 1.807) is 0 Å². The molecule has 0 N–H and O–H groups in total. The molecule has 1 heteroatoms. The average molecular weight is 187 g/mol. The molecule has 0 fully saturated rings. The number of allylic oxidation sites excluding steroid dienone is 4. The van der Waals surface area contributed by atoms with Crippen LogP contribution in [0, 0.1) is 0 Å². The Morgan fingerprint density at radius 1 is 1.00 bits per heavy atom. The van der Waals surface area contributed by atoms with Crippen LogP contribution in [0.5, 0.6) is 0 Å². The molecule has 0 radical (unpaired) electrons. The number of halogens is 1. The molecule has 0 atom stereocenters. The Balaban J connectivity index is 3.15. The van der Waals surface area contributed by atoms with Crippen LogP contribution in [0.3, 0.4) is 0 Å². The molecule has 0 unspecified atom stereocenters. The largest absolute Gasteiger partial charge is 0.127 e. The maximum absolute atomic E-state index is 5.53. The van der Waals surface area contributed by atoms with Gasteiger partial charge in [0.15, 0.2) is 0 Å². The van der Waals surface area contributed by atoms with Gasteiger partial charge in [0.25, 0.3) is 0 Å². The Hall–Kier alpha value is -0.230. The third kappa shape index (κ3) is 9.77. The first-order valence-electron chi connectivity index (χ1n) is 4.79. The molecule has 0 aliphatic carbocycles. The second kappa shape index (κ2) is 10.8. The average Bonchev–Trinajstić information content (AvgIpc) is 2.10.